The third-order valence-electron chi connectivity index (χ3n) is 5.57. The summed E-state index contributed by atoms with van der Waals surface area (Å²) in [5, 5.41) is 3.86. The smallest absolute Gasteiger partial charge is 0.0685 e. The summed E-state index contributed by atoms with van der Waals surface area (Å²) in [7, 11) is 0. The summed E-state index contributed by atoms with van der Waals surface area (Å²) in [6, 6.07) is 0.779. The Labute approximate surface area is 112 Å². The third kappa shape index (κ3) is 2.46. The van der Waals surface area contributed by atoms with E-state index in [2.05, 4.69) is 19.2 Å². The van der Waals surface area contributed by atoms with E-state index in [1.165, 1.54) is 51.5 Å². The SMILES string of the molecule is CCCNC(C1CCOC2(CCC2)C1)C1CC1C. The van der Waals surface area contributed by atoms with E-state index in [0.717, 1.165) is 30.4 Å². The molecule has 104 valence electrons. The molecule has 0 amide bonds. The van der Waals surface area contributed by atoms with Crippen molar-refractivity contribution in [3.63, 3.8) is 0 Å². The first-order valence-electron chi connectivity index (χ1n) is 8.11. The quantitative estimate of drug-likeness (QED) is 0.809. The molecule has 1 aliphatic heterocycles. The van der Waals surface area contributed by atoms with Crippen LogP contribution in [-0.2, 0) is 4.74 Å². The average Bonchev–Trinajstić information content (AvgIpc) is 3.05. The highest BCUT2D eigenvalue weighted by Crippen LogP contribution is 2.49. The molecule has 4 unspecified atom stereocenters. The minimum Gasteiger partial charge on any atom is -0.375 e. The molecule has 1 spiro atoms. The molecule has 2 aliphatic carbocycles. The van der Waals surface area contributed by atoms with Crippen LogP contribution in [0.2, 0.25) is 0 Å². The fourth-order valence-electron chi connectivity index (χ4n) is 4.12. The Kier molecular flexibility index (Phi) is 3.68. The Hall–Kier alpha value is -0.0800. The molecule has 0 aromatic heterocycles. The second kappa shape index (κ2) is 5.13. The molecule has 1 N–H and O–H groups in total. The molecule has 3 rings (SSSR count). The van der Waals surface area contributed by atoms with Gasteiger partial charge in [-0.25, -0.2) is 0 Å². The predicted molar refractivity (Wildman–Crippen MR) is 74.6 cm³/mol. The summed E-state index contributed by atoms with van der Waals surface area (Å²) in [4.78, 5) is 0. The molecular formula is C16H29NO. The standard InChI is InChI=1S/C16H29NO/c1-3-8-17-15(14-10-12(14)2)13-5-9-18-16(11-13)6-4-7-16/h12-15,17H,3-11H2,1-2H3. The summed E-state index contributed by atoms with van der Waals surface area (Å²) < 4.78 is 6.09. The Morgan fingerprint density at radius 3 is 2.72 bits per heavy atom. The van der Waals surface area contributed by atoms with Crippen molar-refractivity contribution in [2.45, 2.75) is 70.4 Å². The fourth-order valence-corrected chi connectivity index (χ4v) is 4.12. The first-order valence-corrected chi connectivity index (χ1v) is 8.11. The molecule has 18 heavy (non-hydrogen) atoms. The predicted octanol–water partition coefficient (Wildman–Crippen LogP) is 3.36. The highest BCUT2D eigenvalue weighted by molar-refractivity contribution is 5.01. The van der Waals surface area contributed by atoms with E-state index < -0.39 is 0 Å². The van der Waals surface area contributed by atoms with Crippen molar-refractivity contribution in [3.05, 3.63) is 0 Å². The van der Waals surface area contributed by atoms with Crippen molar-refractivity contribution in [3.8, 4) is 0 Å². The minimum atomic E-state index is 0.313. The second-order valence-corrected chi connectivity index (χ2v) is 6.99. The molecule has 0 aromatic rings. The first kappa shape index (κ1) is 12.9. The lowest BCUT2D eigenvalue weighted by atomic mass is 9.69. The molecular weight excluding hydrogens is 222 g/mol. The van der Waals surface area contributed by atoms with Crippen LogP contribution < -0.4 is 5.32 Å². The van der Waals surface area contributed by atoms with Gasteiger partial charge in [0.1, 0.15) is 0 Å². The van der Waals surface area contributed by atoms with E-state index in [4.69, 9.17) is 4.74 Å². The van der Waals surface area contributed by atoms with Gasteiger partial charge < -0.3 is 10.1 Å². The van der Waals surface area contributed by atoms with E-state index in [-0.39, 0.29) is 0 Å². The van der Waals surface area contributed by atoms with Gasteiger partial charge in [0.2, 0.25) is 0 Å². The minimum absolute atomic E-state index is 0.313. The van der Waals surface area contributed by atoms with Gasteiger partial charge in [-0.15, -0.1) is 0 Å². The molecule has 2 nitrogen and oxygen atoms in total. The van der Waals surface area contributed by atoms with Crippen molar-refractivity contribution in [1.82, 2.24) is 5.32 Å². The van der Waals surface area contributed by atoms with Gasteiger partial charge in [0.15, 0.2) is 0 Å². The van der Waals surface area contributed by atoms with Gasteiger partial charge in [0.05, 0.1) is 5.60 Å². The average molecular weight is 251 g/mol. The summed E-state index contributed by atoms with van der Waals surface area (Å²) >= 11 is 0. The maximum absolute atomic E-state index is 6.09. The van der Waals surface area contributed by atoms with Crippen LogP contribution in [0.5, 0.6) is 0 Å². The lowest BCUT2D eigenvalue weighted by Gasteiger charge is -2.49. The molecule has 3 aliphatic rings. The van der Waals surface area contributed by atoms with Gasteiger partial charge in [-0.1, -0.05) is 13.8 Å². The topological polar surface area (TPSA) is 21.3 Å². The van der Waals surface area contributed by atoms with Gasteiger partial charge in [-0.2, -0.15) is 0 Å². The highest BCUT2D eigenvalue weighted by Gasteiger charge is 2.48. The van der Waals surface area contributed by atoms with Crippen LogP contribution in [0.4, 0.5) is 0 Å². The van der Waals surface area contributed by atoms with Crippen LogP contribution in [0, 0.1) is 17.8 Å². The number of hydrogen-bond donors (Lipinski definition) is 1. The maximum atomic E-state index is 6.09. The monoisotopic (exact) mass is 251 g/mol. The van der Waals surface area contributed by atoms with Gasteiger partial charge in [0.25, 0.3) is 0 Å². The normalized spacial score (nSPS) is 39.3. The number of nitrogens with one attached hydrogen (secondary N) is 1. The van der Waals surface area contributed by atoms with E-state index in [1.807, 2.05) is 0 Å². The first-order chi connectivity index (χ1) is 8.74. The Balaban J connectivity index is 1.61. The van der Waals surface area contributed by atoms with Gasteiger partial charge >= 0.3 is 0 Å². The fraction of sp³-hybridized carbons (Fsp3) is 1.00. The molecule has 3 fully saturated rings. The number of rotatable bonds is 5. The van der Waals surface area contributed by atoms with Crippen molar-refractivity contribution >= 4 is 0 Å². The van der Waals surface area contributed by atoms with E-state index >= 15 is 0 Å². The van der Waals surface area contributed by atoms with Crippen molar-refractivity contribution in [2.24, 2.45) is 17.8 Å². The van der Waals surface area contributed by atoms with Crippen molar-refractivity contribution < 1.29 is 4.74 Å². The number of ether oxygens (including phenoxy) is 1. The number of hydrogen-bond acceptors (Lipinski definition) is 2. The van der Waals surface area contributed by atoms with Gasteiger partial charge in [-0.3, -0.25) is 0 Å². The van der Waals surface area contributed by atoms with Gasteiger partial charge in [0, 0.05) is 12.6 Å². The van der Waals surface area contributed by atoms with Crippen LogP contribution >= 0.6 is 0 Å². The largest absolute Gasteiger partial charge is 0.375 e. The van der Waals surface area contributed by atoms with Crippen molar-refractivity contribution in [1.29, 1.82) is 0 Å². The summed E-state index contributed by atoms with van der Waals surface area (Å²) in [6.07, 6.45) is 9.36. The Bertz CT molecular complexity index is 287. The van der Waals surface area contributed by atoms with E-state index in [9.17, 15) is 0 Å². The third-order valence-corrected chi connectivity index (χ3v) is 5.57. The molecule has 1 heterocycles. The maximum Gasteiger partial charge on any atom is 0.0685 e. The van der Waals surface area contributed by atoms with Crippen molar-refractivity contribution in [2.75, 3.05) is 13.2 Å². The molecule has 4 atom stereocenters. The molecule has 0 aromatic carbocycles. The molecule has 1 saturated heterocycles. The van der Waals surface area contributed by atoms with Crippen LogP contribution in [0.3, 0.4) is 0 Å². The summed E-state index contributed by atoms with van der Waals surface area (Å²) in [5.74, 6) is 2.79. The Morgan fingerprint density at radius 1 is 1.39 bits per heavy atom. The Morgan fingerprint density at radius 2 is 2.17 bits per heavy atom. The molecule has 2 heteroatoms. The van der Waals surface area contributed by atoms with Gasteiger partial charge in [-0.05, 0) is 69.2 Å². The zero-order valence-corrected chi connectivity index (χ0v) is 12.1. The molecule has 0 radical (unpaired) electrons. The lowest BCUT2D eigenvalue weighted by Crippen LogP contribution is -2.51. The van der Waals surface area contributed by atoms with Crippen LogP contribution in [0.1, 0.15) is 58.8 Å². The zero-order chi connectivity index (χ0) is 12.6. The molecule has 0 bridgehead atoms. The summed E-state index contributed by atoms with van der Waals surface area (Å²) in [6.45, 7) is 6.90. The highest BCUT2D eigenvalue weighted by atomic mass is 16.5. The zero-order valence-electron chi connectivity index (χ0n) is 12.1. The lowest BCUT2D eigenvalue weighted by molar-refractivity contribution is -0.148. The second-order valence-electron chi connectivity index (χ2n) is 6.99. The van der Waals surface area contributed by atoms with E-state index in [1.54, 1.807) is 0 Å². The van der Waals surface area contributed by atoms with E-state index in [0.29, 0.717) is 5.60 Å². The molecule has 2 saturated carbocycles. The van der Waals surface area contributed by atoms with Crippen LogP contribution in [-0.4, -0.2) is 24.8 Å². The summed E-state index contributed by atoms with van der Waals surface area (Å²) in [5.41, 5.74) is 0.313. The van der Waals surface area contributed by atoms with Crippen LogP contribution in [0.15, 0.2) is 0 Å². The van der Waals surface area contributed by atoms with Crippen LogP contribution in [0.25, 0.3) is 0 Å².